The molecule has 28 heavy (non-hydrogen) atoms. The van der Waals surface area contributed by atoms with Gasteiger partial charge in [-0.15, -0.1) is 0 Å². The second kappa shape index (κ2) is 4.52. The van der Waals surface area contributed by atoms with E-state index < -0.39 is 0 Å². The molecule has 3 heteroatoms. The Morgan fingerprint density at radius 2 is 1.86 bits per heavy atom. The van der Waals surface area contributed by atoms with Gasteiger partial charge in [0.2, 0.25) is 0 Å². The SMILES string of the molecule is C[C@]12C=CC(=O)C=C1C1(CC1)CC1C2CC[C@@]2(C)C1C1CC1[C@@]21CCC(=O)O1. The first kappa shape index (κ1) is 16.4. The van der Waals surface area contributed by atoms with E-state index in [1.807, 2.05) is 12.2 Å². The largest absolute Gasteiger partial charge is 0.458 e. The minimum atomic E-state index is -0.156. The number of rotatable bonds is 0. The number of carbonyl (C=O) groups excluding carboxylic acids is 2. The molecule has 3 nitrogen and oxygen atoms in total. The molecule has 6 fully saturated rings. The van der Waals surface area contributed by atoms with E-state index in [-0.39, 0.29) is 28.2 Å². The molecule has 0 bridgehead atoms. The minimum absolute atomic E-state index is 0.0443. The summed E-state index contributed by atoms with van der Waals surface area (Å²) in [5, 5.41) is 0. The van der Waals surface area contributed by atoms with E-state index in [9.17, 15) is 9.59 Å². The van der Waals surface area contributed by atoms with Crippen molar-refractivity contribution in [1.29, 1.82) is 0 Å². The van der Waals surface area contributed by atoms with Crippen LogP contribution >= 0.6 is 0 Å². The lowest BCUT2D eigenvalue weighted by Crippen LogP contribution is -2.57. The van der Waals surface area contributed by atoms with Crippen molar-refractivity contribution in [3.05, 3.63) is 23.8 Å². The number of fused-ring (bicyclic) bond motifs is 10. The number of esters is 1. The third-order valence-corrected chi connectivity index (χ3v) is 10.8. The van der Waals surface area contributed by atoms with Crippen LogP contribution in [-0.2, 0) is 14.3 Å². The third kappa shape index (κ3) is 1.60. The zero-order chi connectivity index (χ0) is 19.1. The topological polar surface area (TPSA) is 43.4 Å². The molecule has 2 spiro atoms. The van der Waals surface area contributed by atoms with Crippen molar-refractivity contribution in [3.8, 4) is 0 Å². The van der Waals surface area contributed by atoms with Gasteiger partial charge in [0.1, 0.15) is 5.60 Å². The first-order valence-corrected chi connectivity index (χ1v) is 11.5. The van der Waals surface area contributed by atoms with Crippen LogP contribution in [0.25, 0.3) is 0 Å². The summed E-state index contributed by atoms with van der Waals surface area (Å²) in [6.07, 6.45) is 15.2. The summed E-state index contributed by atoms with van der Waals surface area (Å²) in [6.45, 7) is 4.90. The second-order valence-electron chi connectivity index (χ2n) is 11.7. The fourth-order valence-electron chi connectivity index (χ4n) is 9.61. The lowest BCUT2D eigenvalue weighted by Gasteiger charge is -2.61. The summed E-state index contributed by atoms with van der Waals surface area (Å²) in [4.78, 5) is 24.4. The van der Waals surface area contributed by atoms with Crippen LogP contribution in [0.4, 0.5) is 0 Å². The summed E-state index contributed by atoms with van der Waals surface area (Å²) >= 11 is 0. The van der Waals surface area contributed by atoms with Crippen LogP contribution < -0.4 is 0 Å². The maximum Gasteiger partial charge on any atom is 0.306 e. The lowest BCUT2D eigenvalue weighted by atomic mass is 9.44. The monoisotopic (exact) mass is 378 g/mol. The average Bonchev–Trinajstić information content (AvgIpc) is 3.55. The van der Waals surface area contributed by atoms with Gasteiger partial charge in [0.25, 0.3) is 0 Å². The Balaban J connectivity index is 1.34. The van der Waals surface area contributed by atoms with Crippen LogP contribution in [0.5, 0.6) is 0 Å². The molecule has 7 rings (SSSR count). The van der Waals surface area contributed by atoms with E-state index in [0.29, 0.717) is 29.6 Å². The van der Waals surface area contributed by atoms with Crippen molar-refractivity contribution in [2.45, 2.75) is 70.8 Å². The van der Waals surface area contributed by atoms with E-state index in [4.69, 9.17) is 4.74 Å². The number of allylic oxidation sites excluding steroid dienone is 4. The number of hydrogen-bond acceptors (Lipinski definition) is 3. The van der Waals surface area contributed by atoms with E-state index in [2.05, 4.69) is 19.9 Å². The zero-order valence-electron chi connectivity index (χ0n) is 17.0. The molecule has 5 unspecified atom stereocenters. The normalized spacial score (nSPS) is 56.6. The Hall–Kier alpha value is -1.38. The smallest absolute Gasteiger partial charge is 0.306 e. The van der Waals surface area contributed by atoms with E-state index in [1.54, 1.807) is 0 Å². The molecule has 0 aromatic heterocycles. The van der Waals surface area contributed by atoms with Crippen molar-refractivity contribution in [2.24, 2.45) is 45.8 Å². The first-order valence-electron chi connectivity index (χ1n) is 11.5. The summed E-state index contributed by atoms with van der Waals surface area (Å²) in [6, 6.07) is 0. The standard InChI is InChI=1S/C25H30O3/c1-22-6-3-14(26)11-19(22)24(9-10-24)13-16-17(22)4-7-23(2)21(16)15-12-18(15)25(23)8-5-20(27)28-25/h3,6,11,15-18,21H,4-5,7-10,12-13H2,1-2H3/t15?,16?,17?,18?,21?,22-,23+,25+/m1/s1. The van der Waals surface area contributed by atoms with Gasteiger partial charge in [-0.1, -0.05) is 25.5 Å². The van der Waals surface area contributed by atoms with Gasteiger partial charge < -0.3 is 4.74 Å². The van der Waals surface area contributed by atoms with Gasteiger partial charge in [-0.3, -0.25) is 9.59 Å². The number of hydrogen-bond donors (Lipinski definition) is 0. The Bertz CT molecular complexity index is 893. The molecule has 0 aromatic rings. The molecular formula is C25H30O3. The van der Waals surface area contributed by atoms with E-state index in [1.165, 1.54) is 44.1 Å². The molecule has 6 aliphatic carbocycles. The Morgan fingerprint density at radius 3 is 2.57 bits per heavy atom. The predicted octanol–water partition coefficient (Wildman–Crippen LogP) is 4.62. The molecular weight excluding hydrogens is 348 g/mol. The van der Waals surface area contributed by atoms with Gasteiger partial charge in [-0.2, -0.15) is 0 Å². The number of ether oxygens (including phenoxy) is 1. The zero-order valence-corrected chi connectivity index (χ0v) is 17.0. The summed E-state index contributed by atoms with van der Waals surface area (Å²) in [5.41, 5.74) is 1.82. The van der Waals surface area contributed by atoms with Gasteiger partial charge in [0.15, 0.2) is 5.78 Å². The molecule has 148 valence electrons. The van der Waals surface area contributed by atoms with Crippen molar-refractivity contribution < 1.29 is 14.3 Å². The van der Waals surface area contributed by atoms with Crippen molar-refractivity contribution >= 4 is 11.8 Å². The Labute approximate surface area is 167 Å². The van der Waals surface area contributed by atoms with Crippen molar-refractivity contribution in [2.75, 3.05) is 0 Å². The summed E-state index contributed by atoms with van der Waals surface area (Å²) in [5.74, 6) is 3.68. The van der Waals surface area contributed by atoms with Crippen molar-refractivity contribution in [3.63, 3.8) is 0 Å². The molecule has 5 saturated carbocycles. The predicted molar refractivity (Wildman–Crippen MR) is 104 cm³/mol. The lowest BCUT2D eigenvalue weighted by molar-refractivity contribution is -0.176. The Kier molecular flexibility index (Phi) is 2.65. The third-order valence-electron chi connectivity index (χ3n) is 10.8. The highest BCUT2D eigenvalue weighted by molar-refractivity contribution is 6.01. The van der Waals surface area contributed by atoms with Gasteiger partial charge in [-0.05, 0) is 86.2 Å². The minimum Gasteiger partial charge on any atom is -0.458 e. The maximum atomic E-state index is 12.2. The van der Waals surface area contributed by atoms with Crippen LogP contribution in [0.2, 0.25) is 0 Å². The second-order valence-corrected chi connectivity index (χ2v) is 11.7. The first-order chi connectivity index (χ1) is 13.3. The van der Waals surface area contributed by atoms with Gasteiger partial charge >= 0.3 is 5.97 Å². The fraction of sp³-hybridized carbons (Fsp3) is 0.760. The van der Waals surface area contributed by atoms with Crippen LogP contribution in [0.1, 0.15) is 65.2 Å². The van der Waals surface area contributed by atoms with E-state index >= 15 is 0 Å². The average molecular weight is 379 g/mol. The van der Waals surface area contributed by atoms with Crippen LogP contribution in [0.15, 0.2) is 23.8 Å². The molecule has 1 saturated heterocycles. The van der Waals surface area contributed by atoms with Gasteiger partial charge in [0, 0.05) is 23.2 Å². The maximum absolute atomic E-state index is 12.2. The fourth-order valence-corrected chi connectivity index (χ4v) is 9.61. The van der Waals surface area contributed by atoms with E-state index in [0.717, 1.165) is 18.3 Å². The Morgan fingerprint density at radius 1 is 1.04 bits per heavy atom. The molecule has 8 atom stereocenters. The molecule has 0 radical (unpaired) electrons. The quantitative estimate of drug-likeness (QED) is 0.578. The number of carbonyl (C=O) groups is 2. The van der Waals surface area contributed by atoms with Gasteiger partial charge in [0.05, 0.1) is 0 Å². The highest BCUT2D eigenvalue weighted by atomic mass is 16.6. The summed E-state index contributed by atoms with van der Waals surface area (Å²) in [7, 11) is 0. The van der Waals surface area contributed by atoms with Crippen molar-refractivity contribution in [1.82, 2.24) is 0 Å². The molecule has 1 aliphatic heterocycles. The van der Waals surface area contributed by atoms with Crippen LogP contribution in [-0.4, -0.2) is 17.4 Å². The van der Waals surface area contributed by atoms with Crippen LogP contribution in [0.3, 0.4) is 0 Å². The molecule has 0 N–H and O–H groups in total. The highest BCUT2D eigenvalue weighted by Gasteiger charge is 2.80. The van der Waals surface area contributed by atoms with Crippen LogP contribution in [0, 0.1) is 45.8 Å². The molecule has 0 amide bonds. The molecule has 1 heterocycles. The highest BCUT2D eigenvalue weighted by Crippen LogP contribution is 2.81. The molecule has 7 aliphatic rings. The molecule has 0 aromatic carbocycles. The summed E-state index contributed by atoms with van der Waals surface area (Å²) < 4.78 is 6.22. The van der Waals surface area contributed by atoms with Gasteiger partial charge in [-0.25, -0.2) is 0 Å². The number of ketones is 1.